The summed E-state index contributed by atoms with van der Waals surface area (Å²) >= 11 is 0. The molecule has 0 saturated heterocycles. The standard InChI is InChI=1S/C15H18N4O2/c1-10-7-15(21)19(11(2)17-10)9-13-6-4-3-5-12(13)8-14(20)18-16/h3-7H,8-9,16H2,1-2H3,(H,18,20). The van der Waals surface area contributed by atoms with Gasteiger partial charge in [0.15, 0.2) is 0 Å². The zero-order chi connectivity index (χ0) is 15.4. The molecule has 0 radical (unpaired) electrons. The quantitative estimate of drug-likeness (QED) is 0.485. The molecule has 0 unspecified atom stereocenters. The average molecular weight is 286 g/mol. The molecule has 0 bridgehead atoms. The van der Waals surface area contributed by atoms with E-state index in [2.05, 4.69) is 10.4 Å². The van der Waals surface area contributed by atoms with Crippen LogP contribution >= 0.6 is 0 Å². The Kier molecular flexibility index (Phi) is 4.49. The van der Waals surface area contributed by atoms with Gasteiger partial charge in [0, 0.05) is 11.8 Å². The van der Waals surface area contributed by atoms with Crippen LogP contribution in [-0.2, 0) is 17.8 Å². The third kappa shape index (κ3) is 3.55. The summed E-state index contributed by atoms with van der Waals surface area (Å²) in [5, 5.41) is 0. The largest absolute Gasteiger partial charge is 0.294 e. The monoisotopic (exact) mass is 286 g/mol. The van der Waals surface area contributed by atoms with Crippen LogP contribution in [0.4, 0.5) is 0 Å². The molecular weight excluding hydrogens is 268 g/mol. The van der Waals surface area contributed by atoms with Crippen LogP contribution in [0.25, 0.3) is 0 Å². The lowest BCUT2D eigenvalue weighted by Gasteiger charge is -2.13. The molecule has 1 aromatic heterocycles. The van der Waals surface area contributed by atoms with E-state index in [4.69, 9.17) is 5.84 Å². The fraction of sp³-hybridized carbons (Fsp3) is 0.267. The fourth-order valence-corrected chi connectivity index (χ4v) is 2.23. The number of nitrogens with two attached hydrogens (primary N) is 1. The first-order chi connectivity index (χ1) is 10.0. The normalized spacial score (nSPS) is 10.4. The molecule has 2 rings (SSSR count). The number of rotatable bonds is 4. The molecule has 21 heavy (non-hydrogen) atoms. The molecule has 3 N–H and O–H groups in total. The van der Waals surface area contributed by atoms with Crippen LogP contribution in [0.2, 0.25) is 0 Å². The van der Waals surface area contributed by atoms with Gasteiger partial charge < -0.3 is 0 Å². The highest BCUT2D eigenvalue weighted by Gasteiger charge is 2.09. The molecule has 0 aliphatic carbocycles. The van der Waals surface area contributed by atoms with Crippen molar-refractivity contribution in [3.05, 3.63) is 63.3 Å². The molecule has 0 atom stereocenters. The lowest BCUT2D eigenvalue weighted by Crippen LogP contribution is -2.32. The van der Waals surface area contributed by atoms with E-state index in [1.165, 1.54) is 6.07 Å². The summed E-state index contributed by atoms with van der Waals surface area (Å²) in [6.45, 7) is 3.97. The van der Waals surface area contributed by atoms with Crippen molar-refractivity contribution in [2.75, 3.05) is 0 Å². The number of hydrogen-bond acceptors (Lipinski definition) is 4. The van der Waals surface area contributed by atoms with Crippen molar-refractivity contribution in [2.45, 2.75) is 26.8 Å². The minimum absolute atomic E-state index is 0.0990. The smallest absolute Gasteiger partial charge is 0.254 e. The fourth-order valence-electron chi connectivity index (χ4n) is 2.23. The van der Waals surface area contributed by atoms with Crippen LogP contribution in [0.15, 0.2) is 35.1 Å². The number of aromatic nitrogens is 2. The van der Waals surface area contributed by atoms with E-state index in [9.17, 15) is 9.59 Å². The maximum atomic E-state index is 12.1. The second-order valence-corrected chi connectivity index (χ2v) is 4.88. The molecule has 0 saturated carbocycles. The maximum absolute atomic E-state index is 12.1. The summed E-state index contributed by atoms with van der Waals surface area (Å²) in [6.07, 6.45) is 0.180. The highest BCUT2D eigenvalue weighted by molar-refractivity contribution is 5.78. The molecule has 1 amide bonds. The Hall–Kier alpha value is -2.47. The van der Waals surface area contributed by atoms with Crippen molar-refractivity contribution < 1.29 is 4.79 Å². The minimum Gasteiger partial charge on any atom is -0.294 e. The van der Waals surface area contributed by atoms with Gasteiger partial charge in [-0.3, -0.25) is 19.6 Å². The summed E-state index contributed by atoms with van der Waals surface area (Å²) in [5.41, 5.74) is 4.45. The van der Waals surface area contributed by atoms with Gasteiger partial charge >= 0.3 is 0 Å². The topological polar surface area (TPSA) is 90.0 Å². The van der Waals surface area contributed by atoms with Crippen LogP contribution in [0, 0.1) is 13.8 Å². The zero-order valence-electron chi connectivity index (χ0n) is 12.1. The molecule has 6 nitrogen and oxygen atoms in total. The van der Waals surface area contributed by atoms with Gasteiger partial charge in [-0.15, -0.1) is 0 Å². The van der Waals surface area contributed by atoms with Crippen molar-refractivity contribution >= 4 is 5.91 Å². The number of hydrazine groups is 1. The van der Waals surface area contributed by atoms with Crippen molar-refractivity contribution in [3.8, 4) is 0 Å². The number of nitrogens with one attached hydrogen (secondary N) is 1. The molecule has 1 aromatic carbocycles. The van der Waals surface area contributed by atoms with E-state index in [1.54, 1.807) is 18.4 Å². The molecule has 0 aliphatic heterocycles. The van der Waals surface area contributed by atoms with E-state index >= 15 is 0 Å². The Balaban J connectivity index is 2.36. The number of aryl methyl sites for hydroxylation is 2. The predicted molar refractivity (Wildman–Crippen MR) is 79.5 cm³/mol. The zero-order valence-corrected chi connectivity index (χ0v) is 12.1. The third-order valence-corrected chi connectivity index (χ3v) is 3.29. The predicted octanol–water partition coefficient (Wildman–Crippen LogP) is 0.441. The second kappa shape index (κ2) is 6.32. The van der Waals surface area contributed by atoms with Crippen molar-refractivity contribution in [2.24, 2.45) is 5.84 Å². The Labute approximate surface area is 122 Å². The van der Waals surface area contributed by atoms with Crippen molar-refractivity contribution in [1.29, 1.82) is 0 Å². The molecule has 2 aromatic rings. The number of hydrogen-bond donors (Lipinski definition) is 2. The molecule has 0 fully saturated rings. The molecule has 110 valence electrons. The van der Waals surface area contributed by atoms with E-state index < -0.39 is 0 Å². The van der Waals surface area contributed by atoms with Gasteiger partial charge in [0.25, 0.3) is 5.56 Å². The summed E-state index contributed by atoms with van der Waals surface area (Å²) in [6, 6.07) is 8.98. The molecular formula is C15H18N4O2. The second-order valence-electron chi connectivity index (χ2n) is 4.88. The SMILES string of the molecule is Cc1cc(=O)n(Cc2ccccc2CC(=O)NN)c(C)n1. The molecule has 6 heteroatoms. The minimum atomic E-state index is -0.270. The van der Waals surface area contributed by atoms with Gasteiger partial charge in [-0.2, -0.15) is 0 Å². The van der Waals surface area contributed by atoms with Gasteiger partial charge in [0.1, 0.15) is 5.82 Å². The Bertz CT molecular complexity index is 722. The van der Waals surface area contributed by atoms with E-state index in [-0.39, 0.29) is 17.9 Å². The molecule has 0 aliphatic rings. The summed E-state index contributed by atoms with van der Waals surface area (Å²) in [4.78, 5) is 27.8. The summed E-state index contributed by atoms with van der Waals surface area (Å²) < 4.78 is 1.59. The van der Waals surface area contributed by atoms with E-state index in [0.29, 0.717) is 18.1 Å². The Morgan fingerprint density at radius 1 is 1.29 bits per heavy atom. The average Bonchev–Trinajstić information content (AvgIpc) is 2.44. The lowest BCUT2D eigenvalue weighted by molar-refractivity contribution is -0.120. The third-order valence-electron chi connectivity index (χ3n) is 3.29. The van der Waals surface area contributed by atoms with Crippen molar-refractivity contribution in [3.63, 3.8) is 0 Å². The van der Waals surface area contributed by atoms with Crippen LogP contribution in [0.1, 0.15) is 22.6 Å². The maximum Gasteiger partial charge on any atom is 0.254 e. The number of carbonyl (C=O) groups is 1. The van der Waals surface area contributed by atoms with E-state index in [1.807, 2.05) is 24.3 Å². The summed E-state index contributed by atoms with van der Waals surface area (Å²) in [7, 11) is 0. The van der Waals surface area contributed by atoms with Gasteiger partial charge in [-0.05, 0) is 25.0 Å². The van der Waals surface area contributed by atoms with Gasteiger partial charge in [-0.1, -0.05) is 24.3 Å². The van der Waals surface area contributed by atoms with E-state index in [0.717, 1.165) is 11.1 Å². The first-order valence-electron chi connectivity index (χ1n) is 6.62. The number of carbonyl (C=O) groups excluding carboxylic acids is 1. The molecule has 0 spiro atoms. The number of nitrogens with zero attached hydrogens (tertiary/aromatic N) is 2. The van der Waals surface area contributed by atoms with Crippen molar-refractivity contribution in [1.82, 2.24) is 15.0 Å². The van der Waals surface area contributed by atoms with Crippen LogP contribution in [0.3, 0.4) is 0 Å². The van der Waals surface area contributed by atoms with Crippen LogP contribution < -0.4 is 16.8 Å². The van der Waals surface area contributed by atoms with Gasteiger partial charge in [0.2, 0.25) is 5.91 Å². The van der Waals surface area contributed by atoms with Crippen LogP contribution in [-0.4, -0.2) is 15.5 Å². The van der Waals surface area contributed by atoms with Gasteiger partial charge in [-0.25, -0.2) is 10.8 Å². The first kappa shape index (κ1) is 14.9. The Morgan fingerprint density at radius 3 is 2.57 bits per heavy atom. The lowest BCUT2D eigenvalue weighted by atomic mass is 10.0. The number of benzene rings is 1. The highest BCUT2D eigenvalue weighted by atomic mass is 16.2. The highest BCUT2D eigenvalue weighted by Crippen LogP contribution is 2.11. The number of amides is 1. The molecule has 1 heterocycles. The summed E-state index contributed by atoms with van der Waals surface area (Å²) in [5.74, 6) is 5.50. The first-order valence-corrected chi connectivity index (χ1v) is 6.62. The van der Waals surface area contributed by atoms with Gasteiger partial charge in [0.05, 0.1) is 13.0 Å². The van der Waals surface area contributed by atoms with Crippen LogP contribution in [0.5, 0.6) is 0 Å². The Morgan fingerprint density at radius 2 is 1.95 bits per heavy atom.